The standard InChI is InChI=1S/C25H31Cl2N3O4S/c1-18-5-3-4-6-23(18)35(32,33)28-24(31)29-15-11-25(2,12-16-29)30-13-9-19(10-14-30)34-20-7-8-21(26)22(27)17-20/h3-8,17,19H,9-16H2,1-2H3,(H,28,31). The van der Waals surface area contributed by atoms with E-state index >= 15 is 0 Å². The summed E-state index contributed by atoms with van der Waals surface area (Å²) in [6.45, 7) is 6.75. The highest BCUT2D eigenvalue weighted by atomic mass is 35.5. The maximum Gasteiger partial charge on any atom is 0.331 e. The average Bonchev–Trinajstić information content (AvgIpc) is 2.82. The van der Waals surface area contributed by atoms with Crippen LogP contribution in [0.3, 0.4) is 0 Å². The number of urea groups is 1. The molecule has 2 saturated heterocycles. The summed E-state index contributed by atoms with van der Waals surface area (Å²) in [5.41, 5.74) is 0.561. The molecule has 0 radical (unpaired) electrons. The SMILES string of the molecule is Cc1ccccc1S(=O)(=O)NC(=O)N1CCC(C)(N2CCC(Oc3ccc(Cl)c(Cl)c3)CC2)CC1. The van der Waals surface area contributed by atoms with E-state index in [0.29, 0.717) is 28.7 Å². The van der Waals surface area contributed by atoms with Crippen LogP contribution in [0.2, 0.25) is 10.0 Å². The fourth-order valence-electron chi connectivity index (χ4n) is 4.86. The van der Waals surface area contributed by atoms with Crippen molar-refractivity contribution >= 4 is 39.3 Å². The van der Waals surface area contributed by atoms with Gasteiger partial charge in [0, 0.05) is 37.8 Å². The molecule has 2 aliphatic heterocycles. The lowest BCUT2D eigenvalue weighted by Gasteiger charge is -2.49. The summed E-state index contributed by atoms with van der Waals surface area (Å²) in [5.74, 6) is 0.726. The molecule has 2 aromatic rings. The third-order valence-corrected chi connectivity index (χ3v) is 9.35. The Bertz CT molecular complexity index is 1170. The Morgan fingerprint density at radius 3 is 2.31 bits per heavy atom. The van der Waals surface area contributed by atoms with Gasteiger partial charge in [-0.05, 0) is 63.3 Å². The number of hydrogen-bond donors (Lipinski definition) is 1. The summed E-state index contributed by atoms with van der Waals surface area (Å²) in [7, 11) is -3.91. The minimum Gasteiger partial charge on any atom is -0.490 e. The molecular weight excluding hydrogens is 509 g/mol. The molecule has 2 amide bonds. The van der Waals surface area contributed by atoms with Gasteiger partial charge in [-0.1, -0.05) is 41.4 Å². The Morgan fingerprint density at radius 2 is 1.69 bits per heavy atom. The molecule has 0 bridgehead atoms. The van der Waals surface area contributed by atoms with E-state index in [-0.39, 0.29) is 16.5 Å². The third-order valence-electron chi connectivity index (χ3n) is 7.13. The summed E-state index contributed by atoms with van der Waals surface area (Å²) >= 11 is 12.1. The van der Waals surface area contributed by atoms with Crippen LogP contribution in [-0.2, 0) is 10.0 Å². The number of nitrogens with zero attached hydrogens (tertiary/aromatic N) is 2. The lowest BCUT2D eigenvalue weighted by atomic mass is 9.86. The Hall–Kier alpha value is -2.00. The molecule has 2 heterocycles. The molecule has 35 heavy (non-hydrogen) atoms. The number of carbonyl (C=O) groups excluding carboxylic acids is 1. The van der Waals surface area contributed by atoms with Crippen molar-refractivity contribution < 1.29 is 17.9 Å². The lowest BCUT2D eigenvalue weighted by Crippen LogP contribution is -2.58. The van der Waals surface area contributed by atoms with Gasteiger partial charge in [-0.2, -0.15) is 0 Å². The molecule has 0 spiro atoms. The van der Waals surface area contributed by atoms with Crippen molar-refractivity contribution in [2.45, 2.75) is 56.1 Å². The first-order valence-corrected chi connectivity index (χ1v) is 14.1. The van der Waals surface area contributed by atoms with E-state index < -0.39 is 16.1 Å². The van der Waals surface area contributed by atoms with Gasteiger partial charge >= 0.3 is 6.03 Å². The van der Waals surface area contributed by atoms with E-state index in [1.165, 1.54) is 6.07 Å². The first-order chi connectivity index (χ1) is 16.6. The second-order valence-electron chi connectivity index (χ2n) is 9.54. The van der Waals surface area contributed by atoms with Gasteiger partial charge in [0.15, 0.2) is 0 Å². The number of aryl methyl sites for hydroxylation is 1. The largest absolute Gasteiger partial charge is 0.490 e. The van der Waals surface area contributed by atoms with E-state index in [2.05, 4.69) is 16.5 Å². The molecule has 10 heteroatoms. The van der Waals surface area contributed by atoms with E-state index in [1.54, 1.807) is 42.2 Å². The van der Waals surface area contributed by atoms with Crippen LogP contribution >= 0.6 is 23.2 Å². The zero-order valence-corrected chi connectivity index (χ0v) is 22.3. The fraction of sp³-hybridized carbons (Fsp3) is 0.480. The summed E-state index contributed by atoms with van der Waals surface area (Å²) < 4.78 is 33.7. The van der Waals surface area contributed by atoms with Crippen molar-refractivity contribution in [1.82, 2.24) is 14.5 Å². The van der Waals surface area contributed by atoms with Crippen LogP contribution in [-0.4, -0.2) is 62.1 Å². The number of benzene rings is 2. The highest BCUT2D eigenvalue weighted by Gasteiger charge is 2.39. The molecule has 0 unspecified atom stereocenters. The van der Waals surface area contributed by atoms with Gasteiger partial charge in [0.05, 0.1) is 14.9 Å². The monoisotopic (exact) mass is 539 g/mol. The average molecular weight is 541 g/mol. The van der Waals surface area contributed by atoms with Crippen molar-refractivity contribution in [3.8, 4) is 5.75 Å². The van der Waals surface area contributed by atoms with Gasteiger partial charge < -0.3 is 9.64 Å². The van der Waals surface area contributed by atoms with Crippen molar-refractivity contribution in [3.63, 3.8) is 0 Å². The van der Waals surface area contributed by atoms with E-state index in [0.717, 1.165) is 44.5 Å². The second-order valence-corrected chi connectivity index (χ2v) is 12.0. The Balaban J connectivity index is 1.28. The van der Waals surface area contributed by atoms with E-state index in [1.807, 2.05) is 6.07 Å². The summed E-state index contributed by atoms with van der Waals surface area (Å²) in [6.07, 6.45) is 3.47. The van der Waals surface area contributed by atoms with Crippen molar-refractivity contribution in [1.29, 1.82) is 0 Å². The smallest absolute Gasteiger partial charge is 0.331 e. The number of halogens is 2. The van der Waals surface area contributed by atoms with Crippen LogP contribution in [0.4, 0.5) is 4.79 Å². The highest BCUT2D eigenvalue weighted by molar-refractivity contribution is 7.90. The van der Waals surface area contributed by atoms with Crippen molar-refractivity contribution in [3.05, 3.63) is 58.1 Å². The summed E-state index contributed by atoms with van der Waals surface area (Å²) in [4.78, 5) is 16.9. The minimum absolute atomic E-state index is 0.0414. The molecule has 0 aliphatic carbocycles. The van der Waals surface area contributed by atoms with Crippen LogP contribution in [0.5, 0.6) is 5.75 Å². The van der Waals surface area contributed by atoms with E-state index in [9.17, 15) is 13.2 Å². The highest BCUT2D eigenvalue weighted by Crippen LogP contribution is 2.33. The number of rotatable bonds is 5. The molecule has 1 N–H and O–H groups in total. The molecule has 2 fully saturated rings. The van der Waals surface area contributed by atoms with Crippen LogP contribution in [0.1, 0.15) is 38.2 Å². The third kappa shape index (κ3) is 6.05. The zero-order chi connectivity index (χ0) is 25.2. The van der Waals surface area contributed by atoms with Gasteiger partial charge in [-0.3, -0.25) is 4.90 Å². The summed E-state index contributed by atoms with van der Waals surface area (Å²) in [6, 6.07) is 11.4. The van der Waals surface area contributed by atoms with Crippen LogP contribution < -0.4 is 9.46 Å². The van der Waals surface area contributed by atoms with Crippen LogP contribution in [0, 0.1) is 6.92 Å². The predicted molar refractivity (Wildman–Crippen MR) is 138 cm³/mol. The van der Waals surface area contributed by atoms with E-state index in [4.69, 9.17) is 27.9 Å². The maximum atomic E-state index is 12.7. The lowest BCUT2D eigenvalue weighted by molar-refractivity contribution is 0.00232. The molecule has 4 rings (SSSR count). The number of hydrogen-bond acceptors (Lipinski definition) is 5. The Labute approximate surface area is 217 Å². The first-order valence-electron chi connectivity index (χ1n) is 11.8. The number of sulfonamides is 1. The molecule has 2 aromatic carbocycles. The number of amides is 2. The quantitative estimate of drug-likeness (QED) is 0.571. The van der Waals surface area contributed by atoms with Crippen molar-refractivity contribution in [2.75, 3.05) is 26.2 Å². The predicted octanol–water partition coefficient (Wildman–Crippen LogP) is 5.10. The van der Waals surface area contributed by atoms with Gasteiger partial charge in [-0.25, -0.2) is 17.9 Å². The maximum absolute atomic E-state index is 12.7. The van der Waals surface area contributed by atoms with Crippen LogP contribution in [0.15, 0.2) is 47.4 Å². The van der Waals surface area contributed by atoms with Gasteiger partial charge in [0.1, 0.15) is 11.9 Å². The fourth-order valence-corrected chi connectivity index (χ4v) is 6.36. The molecule has 0 saturated carbocycles. The summed E-state index contributed by atoms with van der Waals surface area (Å²) in [5, 5.41) is 0.992. The molecular formula is C25H31Cl2N3O4S. The first kappa shape index (κ1) is 26.1. The number of likely N-dealkylation sites (tertiary alicyclic amines) is 2. The molecule has 7 nitrogen and oxygen atoms in total. The number of ether oxygens (including phenoxy) is 1. The topological polar surface area (TPSA) is 79.0 Å². The minimum atomic E-state index is -3.91. The molecule has 190 valence electrons. The molecule has 0 aromatic heterocycles. The number of piperidine rings is 2. The zero-order valence-electron chi connectivity index (χ0n) is 20.0. The molecule has 0 atom stereocenters. The normalized spacial score (nSPS) is 19.4. The Morgan fingerprint density at radius 1 is 1.03 bits per heavy atom. The van der Waals surface area contributed by atoms with Gasteiger partial charge in [0.25, 0.3) is 10.0 Å². The Kier molecular flexibility index (Phi) is 7.86. The van der Waals surface area contributed by atoms with Gasteiger partial charge in [0.2, 0.25) is 0 Å². The van der Waals surface area contributed by atoms with Crippen molar-refractivity contribution in [2.24, 2.45) is 0 Å². The number of carbonyl (C=O) groups is 1. The van der Waals surface area contributed by atoms with Gasteiger partial charge in [-0.15, -0.1) is 0 Å². The molecule has 2 aliphatic rings. The number of nitrogens with one attached hydrogen (secondary N) is 1. The second kappa shape index (κ2) is 10.5. The van der Waals surface area contributed by atoms with Crippen LogP contribution in [0.25, 0.3) is 0 Å².